The molecule has 0 saturated heterocycles. The Morgan fingerprint density at radius 1 is 1.18 bits per heavy atom. The van der Waals surface area contributed by atoms with Crippen molar-refractivity contribution in [2.75, 3.05) is 6.26 Å². The first-order valence-electron chi connectivity index (χ1n) is 6.59. The van der Waals surface area contributed by atoms with Crippen LogP contribution in [0.4, 0.5) is 0 Å². The van der Waals surface area contributed by atoms with Crippen LogP contribution in [0.25, 0.3) is 16.7 Å². The molecule has 1 aromatic carbocycles. The number of aromatic nitrogens is 4. The highest BCUT2D eigenvalue weighted by molar-refractivity contribution is 7.98. The molecule has 0 saturated carbocycles. The fourth-order valence-electron chi connectivity index (χ4n) is 2.39. The zero-order valence-corrected chi connectivity index (χ0v) is 13.9. The molecule has 112 valence electrons. The predicted octanol–water partition coefficient (Wildman–Crippen LogP) is 3.17. The van der Waals surface area contributed by atoms with Crippen LogP contribution in [0.1, 0.15) is 11.1 Å². The highest BCUT2D eigenvalue weighted by Gasteiger charge is 2.16. The Morgan fingerprint density at radius 2 is 1.86 bits per heavy atom. The predicted molar refractivity (Wildman–Crippen MR) is 89.2 cm³/mol. The molecule has 0 bridgehead atoms. The minimum Gasteiger partial charge on any atom is -0.268 e. The number of para-hydroxylation sites is 1. The normalized spacial score (nSPS) is 11.1. The van der Waals surface area contributed by atoms with E-state index in [1.807, 2.05) is 38.3 Å². The average molecular weight is 333 g/mol. The second-order valence-electron chi connectivity index (χ2n) is 4.86. The van der Waals surface area contributed by atoms with Crippen molar-refractivity contribution in [3.63, 3.8) is 0 Å². The van der Waals surface area contributed by atoms with Crippen LogP contribution in [0.15, 0.2) is 34.3 Å². The van der Waals surface area contributed by atoms with Gasteiger partial charge >= 0.3 is 0 Å². The van der Waals surface area contributed by atoms with Gasteiger partial charge in [0.25, 0.3) is 5.56 Å². The van der Waals surface area contributed by atoms with Gasteiger partial charge < -0.3 is 0 Å². The van der Waals surface area contributed by atoms with Crippen LogP contribution < -0.4 is 5.56 Å². The van der Waals surface area contributed by atoms with Crippen molar-refractivity contribution in [2.45, 2.75) is 19.0 Å². The Morgan fingerprint density at radius 3 is 2.50 bits per heavy atom. The lowest BCUT2D eigenvalue weighted by Gasteiger charge is -2.14. The zero-order chi connectivity index (χ0) is 15.9. The first-order chi connectivity index (χ1) is 10.5. The van der Waals surface area contributed by atoms with E-state index in [2.05, 4.69) is 15.0 Å². The lowest BCUT2D eigenvalue weighted by molar-refractivity contribution is 0.913. The minimum absolute atomic E-state index is 0.0978. The van der Waals surface area contributed by atoms with Crippen LogP contribution in [-0.4, -0.2) is 25.8 Å². The molecule has 0 unspecified atom stereocenters. The fourth-order valence-corrected chi connectivity index (χ4v) is 2.96. The summed E-state index contributed by atoms with van der Waals surface area (Å²) in [5.41, 5.74) is 2.70. The number of halogens is 1. The van der Waals surface area contributed by atoms with Crippen molar-refractivity contribution in [1.29, 1.82) is 0 Å². The molecule has 2 aromatic heterocycles. The molecule has 7 heteroatoms. The first-order valence-corrected chi connectivity index (χ1v) is 8.19. The molecule has 3 aromatic rings. The molecular formula is C15H13ClN4OS. The summed E-state index contributed by atoms with van der Waals surface area (Å²) in [6.07, 6.45) is 3.37. The number of hydrogen-bond acceptors (Lipinski definition) is 5. The third kappa shape index (κ3) is 2.38. The molecular weight excluding hydrogens is 320 g/mol. The van der Waals surface area contributed by atoms with Gasteiger partial charge in [0, 0.05) is 6.20 Å². The lowest BCUT2D eigenvalue weighted by Crippen LogP contribution is -2.22. The van der Waals surface area contributed by atoms with Gasteiger partial charge in [-0.25, -0.2) is 9.97 Å². The summed E-state index contributed by atoms with van der Waals surface area (Å²) in [6.45, 7) is 3.87. The van der Waals surface area contributed by atoms with Gasteiger partial charge in [-0.15, -0.1) is 0 Å². The molecule has 0 atom stereocenters. The highest BCUT2D eigenvalue weighted by atomic mass is 35.5. The summed E-state index contributed by atoms with van der Waals surface area (Å²) < 4.78 is 1.41. The monoisotopic (exact) mass is 332 g/mol. The van der Waals surface area contributed by atoms with Crippen LogP contribution in [-0.2, 0) is 0 Å². The third-order valence-corrected chi connectivity index (χ3v) is 4.22. The molecule has 0 radical (unpaired) electrons. The number of benzene rings is 1. The maximum absolute atomic E-state index is 12.8. The van der Waals surface area contributed by atoms with Gasteiger partial charge in [0.15, 0.2) is 10.8 Å². The summed E-state index contributed by atoms with van der Waals surface area (Å²) in [5.74, 6) is 0. The second-order valence-corrected chi connectivity index (χ2v) is 5.97. The summed E-state index contributed by atoms with van der Waals surface area (Å²) in [6, 6.07) is 5.81. The largest absolute Gasteiger partial charge is 0.270 e. The number of hydrogen-bond donors (Lipinski definition) is 0. The van der Waals surface area contributed by atoms with E-state index in [0.29, 0.717) is 16.2 Å². The molecule has 5 nitrogen and oxygen atoms in total. The van der Waals surface area contributed by atoms with E-state index >= 15 is 0 Å². The number of rotatable bonds is 2. The van der Waals surface area contributed by atoms with Crippen LogP contribution in [0.2, 0.25) is 5.28 Å². The Labute approximate surface area is 136 Å². The van der Waals surface area contributed by atoms with Gasteiger partial charge in [-0.3, -0.25) is 9.36 Å². The number of aryl methyl sites for hydroxylation is 2. The van der Waals surface area contributed by atoms with E-state index in [0.717, 1.165) is 16.8 Å². The van der Waals surface area contributed by atoms with Gasteiger partial charge in [0.05, 0.1) is 5.69 Å². The van der Waals surface area contributed by atoms with Gasteiger partial charge in [0.2, 0.25) is 5.28 Å². The number of nitrogens with zero attached hydrogens (tertiary/aromatic N) is 4. The lowest BCUT2D eigenvalue weighted by atomic mass is 10.1. The Kier molecular flexibility index (Phi) is 3.88. The van der Waals surface area contributed by atoms with Crippen molar-refractivity contribution in [3.05, 3.63) is 51.2 Å². The van der Waals surface area contributed by atoms with Crippen LogP contribution in [0.5, 0.6) is 0 Å². The van der Waals surface area contributed by atoms with Crippen LogP contribution in [0, 0.1) is 13.8 Å². The highest BCUT2D eigenvalue weighted by Crippen LogP contribution is 2.22. The molecule has 0 aliphatic heterocycles. The van der Waals surface area contributed by atoms with Gasteiger partial charge in [-0.2, -0.15) is 4.98 Å². The first kappa shape index (κ1) is 15.0. The fraction of sp³-hybridized carbons (Fsp3) is 0.200. The van der Waals surface area contributed by atoms with Crippen molar-refractivity contribution < 1.29 is 0 Å². The minimum atomic E-state index is -0.264. The van der Waals surface area contributed by atoms with Gasteiger partial charge in [-0.1, -0.05) is 30.0 Å². The van der Waals surface area contributed by atoms with Gasteiger partial charge in [-0.05, 0) is 42.8 Å². The van der Waals surface area contributed by atoms with Crippen molar-refractivity contribution in [2.24, 2.45) is 0 Å². The smallest absolute Gasteiger partial charge is 0.268 e. The Bertz CT molecular complexity index is 918. The zero-order valence-electron chi connectivity index (χ0n) is 12.3. The SMILES string of the molecule is CSc1ncc2c(=O)n(-c3c(C)cccc3C)c(Cl)nc2n1. The maximum Gasteiger partial charge on any atom is 0.270 e. The molecule has 0 fully saturated rings. The van der Waals surface area contributed by atoms with Crippen molar-refractivity contribution >= 4 is 34.4 Å². The molecule has 2 heterocycles. The summed E-state index contributed by atoms with van der Waals surface area (Å²) in [5, 5.41) is 1.01. The summed E-state index contributed by atoms with van der Waals surface area (Å²) >= 11 is 7.65. The third-order valence-electron chi connectivity index (χ3n) is 3.41. The molecule has 22 heavy (non-hydrogen) atoms. The topological polar surface area (TPSA) is 60.7 Å². The molecule has 0 aliphatic rings. The van der Waals surface area contributed by atoms with Crippen LogP contribution in [0.3, 0.4) is 0 Å². The molecule has 0 N–H and O–H groups in total. The van der Waals surface area contributed by atoms with E-state index in [4.69, 9.17) is 11.6 Å². The second kappa shape index (κ2) is 5.70. The van der Waals surface area contributed by atoms with Crippen molar-refractivity contribution in [1.82, 2.24) is 19.5 Å². The van der Waals surface area contributed by atoms with Crippen molar-refractivity contribution in [3.8, 4) is 5.69 Å². The standard InChI is InChI=1S/C15H13ClN4OS/c1-8-5-4-6-9(2)11(8)20-13(21)10-7-17-15(22-3)19-12(10)18-14(20)16/h4-7H,1-3H3. The maximum atomic E-state index is 12.8. The Hall–Kier alpha value is -1.92. The molecule has 0 spiro atoms. The van der Waals surface area contributed by atoms with E-state index in [1.54, 1.807) is 0 Å². The summed E-state index contributed by atoms with van der Waals surface area (Å²) in [7, 11) is 0. The molecule has 3 rings (SSSR count). The van der Waals surface area contributed by atoms with E-state index in [-0.39, 0.29) is 10.8 Å². The number of thioether (sulfide) groups is 1. The molecule has 0 amide bonds. The molecule has 0 aliphatic carbocycles. The quantitative estimate of drug-likeness (QED) is 0.533. The number of fused-ring (bicyclic) bond motifs is 1. The van der Waals surface area contributed by atoms with Gasteiger partial charge in [0.1, 0.15) is 5.39 Å². The van der Waals surface area contributed by atoms with E-state index < -0.39 is 0 Å². The van der Waals surface area contributed by atoms with Crippen LogP contribution >= 0.6 is 23.4 Å². The van der Waals surface area contributed by atoms with E-state index in [9.17, 15) is 4.79 Å². The summed E-state index contributed by atoms with van der Waals surface area (Å²) in [4.78, 5) is 25.5. The van der Waals surface area contributed by atoms with E-state index in [1.165, 1.54) is 22.5 Å². The average Bonchev–Trinajstić information content (AvgIpc) is 2.49. The Balaban J connectivity index is 2.39.